The number of carbonyl (C=O) groups is 20. The van der Waals surface area contributed by atoms with E-state index in [9.17, 15) is 127 Å². The van der Waals surface area contributed by atoms with E-state index < -0.39 is 261 Å². The molecular formula is C75H107N17O26S. The van der Waals surface area contributed by atoms with Crippen molar-refractivity contribution in [2.45, 2.75) is 222 Å². The quantitative estimate of drug-likeness (QED) is 0.0293. The van der Waals surface area contributed by atoms with Crippen LogP contribution in [0.15, 0.2) is 54.6 Å². The summed E-state index contributed by atoms with van der Waals surface area (Å²) in [5, 5.41) is 88.5. The van der Waals surface area contributed by atoms with Gasteiger partial charge in [0.2, 0.25) is 100 Å². The molecule has 0 aliphatic carbocycles. The molecule has 15 atom stereocenters. The lowest BCUT2D eigenvalue weighted by atomic mass is 10.0. The normalized spacial score (nSPS) is 18.0. The van der Waals surface area contributed by atoms with Crippen molar-refractivity contribution in [2.24, 2.45) is 17.4 Å². The predicted molar refractivity (Wildman–Crippen MR) is 417 cm³/mol. The van der Waals surface area contributed by atoms with E-state index in [0.717, 1.165) is 18.7 Å². The number of aliphatic carboxylic acids is 3. The molecule has 654 valence electrons. The number of primary amides is 2. The number of nitrogens with zero attached hydrogens (tertiary/aromatic N) is 3. The van der Waals surface area contributed by atoms with Crippen molar-refractivity contribution >= 4 is 130 Å². The van der Waals surface area contributed by atoms with E-state index in [0.29, 0.717) is 12.0 Å². The molecule has 0 saturated carbocycles. The lowest BCUT2D eigenvalue weighted by molar-refractivity contribution is -0.148. The first-order chi connectivity index (χ1) is 56.1. The molecule has 5 rings (SSSR count). The number of hydrogen-bond acceptors (Lipinski definition) is 24. The van der Waals surface area contributed by atoms with Gasteiger partial charge in [-0.2, -0.15) is 11.8 Å². The van der Waals surface area contributed by atoms with Gasteiger partial charge in [-0.05, 0) is 113 Å². The molecule has 0 unspecified atom stereocenters. The minimum Gasteiger partial charge on any atom is -0.508 e. The summed E-state index contributed by atoms with van der Waals surface area (Å²) >= 11 is 1.30. The minimum atomic E-state index is -2.16. The number of benzene rings is 2. The summed E-state index contributed by atoms with van der Waals surface area (Å²) < 4.78 is 0. The smallest absolute Gasteiger partial charge is 0.305 e. The van der Waals surface area contributed by atoms with Crippen LogP contribution in [0.25, 0.3) is 0 Å². The number of carboxylic acids is 3. The van der Waals surface area contributed by atoms with Crippen molar-refractivity contribution in [1.29, 1.82) is 0 Å². The van der Waals surface area contributed by atoms with Gasteiger partial charge in [0.15, 0.2) is 0 Å². The van der Waals surface area contributed by atoms with Crippen molar-refractivity contribution in [1.82, 2.24) is 78.5 Å². The van der Waals surface area contributed by atoms with E-state index in [-0.39, 0.29) is 94.0 Å². The SMILES string of the molecule is CSCC[C@H](NC(=O)CNC(=O)[C@@H](NC(=O)[C@H](Cc1ccccc1)NC(=O)[C@H](CC(N)=O)NC(=O)[C@H](CC(C)C)NC(C)=O)[C@@H](C)O)C(=O)N1CCC[C@H]1C(=O)N1CCC[C@H]1C(=O)N[C@@H](C)C(=O)N[C@@H](CC(=O)O)C(=O)N[C@@H](CCC(=O)O)C(=O)N[C@@H](CC(=O)O)C(=O)N[C@@H](Cc1ccc(O)cc1)C(=O)N[C@@H](CO)C(=O)N1CCC[C@H]1C(N)=O. The number of phenols is 1. The van der Waals surface area contributed by atoms with Crippen LogP contribution in [0.1, 0.15) is 129 Å². The predicted octanol–water partition coefficient (Wildman–Crippen LogP) is -7.01. The Hall–Kier alpha value is -12.1. The number of aliphatic hydroxyl groups excluding tert-OH is 2. The average Bonchev–Trinajstić information content (AvgIpc) is 1.66. The first-order valence-electron chi connectivity index (χ1n) is 38.4. The number of hydrogen-bond donors (Lipinski definition) is 20. The lowest BCUT2D eigenvalue weighted by Gasteiger charge is -2.33. The van der Waals surface area contributed by atoms with Crippen LogP contribution in [0, 0.1) is 5.92 Å². The third-order valence-corrected chi connectivity index (χ3v) is 20.1. The molecule has 3 fully saturated rings. The number of carbonyl (C=O) groups excluding carboxylic acids is 17. The van der Waals surface area contributed by atoms with Gasteiger partial charge in [0.1, 0.15) is 90.3 Å². The van der Waals surface area contributed by atoms with Gasteiger partial charge in [0, 0.05) is 45.8 Å². The average molecular weight is 1690 g/mol. The van der Waals surface area contributed by atoms with E-state index in [1.54, 1.807) is 50.4 Å². The van der Waals surface area contributed by atoms with E-state index in [4.69, 9.17) is 11.5 Å². The highest BCUT2D eigenvalue weighted by atomic mass is 32.2. The fourth-order valence-electron chi connectivity index (χ4n) is 13.5. The highest BCUT2D eigenvalue weighted by Crippen LogP contribution is 2.27. The van der Waals surface area contributed by atoms with Gasteiger partial charge >= 0.3 is 17.9 Å². The third-order valence-electron chi connectivity index (χ3n) is 19.5. The van der Waals surface area contributed by atoms with Crippen LogP contribution in [-0.4, -0.2) is 299 Å². The Morgan fingerprint density at radius 3 is 1.44 bits per heavy atom. The van der Waals surface area contributed by atoms with E-state index in [1.165, 1.54) is 52.8 Å². The second kappa shape index (κ2) is 47.3. The number of aliphatic hydroxyl groups is 2. The summed E-state index contributed by atoms with van der Waals surface area (Å²) in [6, 6.07) is -9.22. The molecule has 0 bridgehead atoms. The van der Waals surface area contributed by atoms with E-state index >= 15 is 0 Å². The van der Waals surface area contributed by atoms with Gasteiger partial charge in [-0.25, -0.2) is 0 Å². The monoisotopic (exact) mass is 1690 g/mol. The Bertz CT molecular complexity index is 4030. The van der Waals surface area contributed by atoms with Crippen LogP contribution in [0.3, 0.4) is 0 Å². The summed E-state index contributed by atoms with van der Waals surface area (Å²) in [5.74, 6) is -22.4. The number of aromatic hydroxyl groups is 1. The number of likely N-dealkylation sites (tertiary alicyclic amines) is 3. The molecule has 0 radical (unpaired) electrons. The largest absolute Gasteiger partial charge is 0.508 e. The van der Waals surface area contributed by atoms with Gasteiger partial charge in [-0.15, -0.1) is 0 Å². The molecule has 2 aromatic carbocycles. The molecule has 17 amide bonds. The summed E-state index contributed by atoms with van der Waals surface area (Å²) in [5.41, 5.74) is 11.7. The minimum absolute atomic E-state index is 0.00384. The highest BCUT2D eigenvalue weighted by molar-refractivity contribution is 7.98. The number of rotatable bonds is 47. The second-order valence-electron chi connectivity index (χ2n) is 29.4. The first-order valence-corrected chi connectivity index (χ1v) is 39.8. The maximum atomic E-state index is 14.6. The number of nitrogens with one attached hydrogen (secondary N) is 12. The number of phenolic OH excluding ortho intramolecular Hbond substituents is 1. The molecular weight excluding hydrogens is 1590 g/mol. The zero-order chi connectivity index (χ0) is 88.7. The fraction of sp³-hybridized carbons (Fsp3) is 0.573. The molecule has 119 heavy (non-hydrogen) atoms. The van der Waals surface area contributed by atoms with E-state index in [1.807, 2.05) is 0 Å². The molecule has 3 saturated heterocycles. The van der Waals surface area contributed by atoms with Gasteiger partial charge < -0.3 is 121 Å². The highest BCUT2D eigenvalue weighted by Gasteiger charge is 2.46. The van der Waals surface area contributed by atoms with Crippen LogP contribution < -0.4 is 75.3 Å². The van der Waals surface area contributed by atoms with Crippen LogP contribution in [0.2, 0.25) is 0 Å². The first kappa shape index (κ1) is 97.5. The number of thioether (sulfide) groups is 1. The molecule has 0 spiro atoms. The molecule has 3 aliphatic heterocycles. The Labute approximate surface area is 687 Å². The summed E-state index contributed by atoms with van der Waals surface area (Å²) in [4.78, 5) is 272. The van der Waals surface area contributed by atoms with Crippen molar-refractivity contribution < 1.29 is 127 Å². The Kier molecular flexibility index (Phi) is 38.8. The Morgan fingerprint density at radius 1 is 0.479 bits per heavy atom. The second-order valence-corrected chi connectivity index (χ2v) is 30.4. The van der Waals surface area contributed by atoms with E-state index in [2.05, 4.69) is 63.8 Å². The maximum Gasteiger partial charge on any atom is 0.305 e. The zero-order valence-corrected chi connectivity index (χ0v) is 67.4. The molecule has 22 N–H and O–H groups in total. The van der Waals surface area contributed by atoms with Crippen molar-refractivity contribution in [2.75, 3.05) is 44.8 Å². The Morgan fingerprint density at radius 2 is 0.933 bits per heavy atom. The van der Waals surface area contributed by atoms with Crippen molar-refractivity contribution in [3.63, 3.8) is 0 Å². The van der Waals surface area contributed by atoms with Gasteiger partial charge in [-0.1, -0.05) is 56.3 Å². The number of amides is 17. The molecule has 44 heteroatoms. The lowest BCUT2D eigenvalue weighted by Crippen LogP contribution is -2.61. The summed E-state index contributed by atoms with van der Waals surface area (Å²) in [6.45, 7) is 5.16. The molecule has 3 heterocycles. The van der Waals surface area contributed by atoms with Crippen LogP contribution in [0.4, 0.5) is 0 Å². The number of carboxylic acid groups (broad SMARTS) is 3. The third kappa shape index (κ3) is 31.0. The summed E-state index contributed by atoms with van der Waals surface area (Å²) in [7, 11) is 0. The standard InChI is InChI=1S/C75H107N17O26S/c1-37(2)29-46(80-40(5)95)65(108)86-49(32-56(76)97)67(110)85-48(30-41-13-8-7-9-14-41)70(113)89-61(39(4)94)72(115)78-35-57(98)81-45(24-28-119-6)73(116)92-27-12-17-55(92)75(118)91-26-11-16-54(91)71(114)79-38(3)63(106)83-50(33-59(101)102)68(111)82-44(22-23-58(99)100)64(107)87-51(34-60(103)104)69(112)84-47(31-42-18-20-43(96)21-19-42)66(109)88-52(36-93)74(117)90-25-10-15-53(90)62(77)105/h7-9,13-14,18-21,37-39,44-55,61,93-94,96H,10-12,15-17,22-36H2,1-6H3,(H2,76,97)(H2,77,105)(H,78,115)(H,79,114)(H,80,95)(H,81,98)(H,82,111)(H,83,106)(H,84,112)(H,85,110)(H,86,108)(H,87,107)(H,88,109)(H,89,113)(H,99,100)(H,101,102)(H,103,104)/t38-,39+,44-,45-,46-,47-,48-,49-,50-,51-,52-,53-,54-,55-,61-/m0/s1. The van der Waals surface area contributed by atoms with Gasteiger partial charge in [-0.3, -0.25) is 95.9 Å². The Balaban J connectivity index is 1.24. The molecule has 0 aromatic heterocycles. The van der Waals surface area contributed by atoms with Crippen LogP contribution in [0.5, 0.6) is 5.75 Å². The van der Waals surface area contributed by atoms with Crippen molar-refractivity contribution in [3.05, 3.63) is 65.7 Å². The van der Waals surface area contributed by atoms with Crippen molar-refractivity contribution in [3.8, 4) is 5.75 Å². The zero-order valence-electron chi connectivity index (χ0n) is 66.5. The van der Waals surface area contributed by atoms with Crippen LogP contribution in [-0.2, 0) is 109 Å². The number of nitrogens with two attached hydrogens (primary N) is 2. The fourth-order valence-corrected chi connectivity index (χ4v) is 13.9. The van der Waals surface area contributed by atoms with Gasteiger partial charge in [0.25, 0.3) is 0 Å². The maximum absolute atomic E-state index is 14.6. The molecule has 3 aliphatic rings. The van der Waals surface area contributed by atoms with Gasteiger partial charge in [0.05, 0.1) is 38.5 Å². The molecule has 2 aromatic rings. The topological polar surface area (TPSA) is 669 Å². The van der Waals surface area contributed by atoms with Crippen LogP contribution >= 0.6 is 11.8 Å². The molecule has 43 nitrogen and oxygen atoms in total. The summed E-state index contributed by atoms with van der Waals surface area (Å²) in [6.07, 6.45) is -4.27.